The van der Waals surface area contributed by atoms with Crippen LogP contribution in [0.1, 0.15) is 16.1 Å². The molecule has 0 bridgehead atoms. The zero-order valence-corrected chi connectivity index (χ0v) is 19.6. The molecule has 7 heteroatoms. The lowest BCUT2D eigenvalue weighted by atomic mass is 10.1. The Kier molecular flexibility index (Phi) is 6.65. The summed E-state index contributed by atoms with van der Waals surface area (Å²) in [7, 11) is 0. The summed E-state index contributed by atoms with van der Waals surface area (Å²) >= 11 is 1.66. The first-order chi connectivity index (χ1) is 16.7. The first-order valence-corrected chi connectivity index (χ1v) is 12.3. The molecule has 1 aromatic heterocycles. The number of nitrogens with zero attached hydrogens (tertiary/aromatic N) is 3. The zero-order valence-electron chi connectivity index (χ0n) is 18.8. The third-order valence-electron chi connectivity index (χ3n) is 6.09. The number of aromatic nitrogens is 1. The number of thiazole rings is 1. The Morgan fingerprint density at radius 2 is 1.62 bits per heavy atom. The Bertz CT molecular complexity index is 1300. The standard InChI is InChI=1S/C27H26N4O2S/c32-25(17-28-26(33)23-11-10-20-6-4-5-9-22(20)16-23)31-14-12-30(13-15-31)18-24-19-34-27(29-24)21-7-2-1-3-8-21/h1-11,16,19H,12-15,17-18H2,(H,28,33). The van der Waals surface area contributed by atoms with Gasteiger partial charge in [0.2, 0.25) is 5.91 Å². The topological polar surface area (TPSA) is 65.5 Å². The third kappa shape index (κ3) is 5.16. The quantitative estimate of drug-likeness (QED) is 0.462. The number of hydrogen-bond donors (Lipinski definition) is 1. The van der Waals surface area contributed by atoms with Crippen molar-refractivity contribution in [3.05, 3.63) is 89.4 Å². The molecule has 3 aromatic carbocycles. The normalized spacial score (nSPS) is 14.3. The Labute approximate surface area is 202 Å². The van der Waals surface area contributed by atoms with Gasteiger partial charge >= 0.3 is 0 Å². The van der Waals surface area contributed by atoms with Gasteiger partial charge in [-0.2, -0.15) is 0 Å². The maximum absolute atomic E-state index is 12.7. The molecule has 6 nitrogen and oxygen atoms in total. The van der Waals surface area contributed by atoms with E-state index in [4.69, 9.17) is 4.98 Å². The van der Waals surface area contributed by atoms with Crippen LogP contribution in [0.3, 0.4) is 0 Å². The van der Waals surface area contributed by atoms with Crippen LogP contribution in [0.15, 0.2) is 78.2 Å². The van der Waals surface area contributed by atoms with Crippen LogP contribution in [-0.4, -0.2) is 59.3 Å². The molecule has 0 saturated carbocycles. The van der Waals surface area contributed by atoms with Crippen molar-refractivity contribution < 1.29 is 9.59 Å². The van der Waals surface area contributed by atoms with Gasteiger partial charge in [0.15, 0.2) is 0 Å². The summed E-state index contributed by atoms with van der Waals surface area (Å²) < 4.78 is 0. The van der Waals surface area contributed by atoms with Crippen molar-refractivity contribution in [2.45, 2.75) is 6.54 Å². The summed E-state index contributed by atoms with van der Waals surface area (Å²) in [5, 5.41) is 8.02. The Balaban J connectivity index is 1.09. The number of rotatable bonds is 6. The molecule has 0 spiro atoms. The van der Waals surface area contributed by atoms with E-state index in [-0.39, 0.29) is 18.4 Å². The smallest absolute Gasteiger partial charge is 0.251 e. The number of piperazine rings is 1. The van der Waals surface area contributed by atoms with Gasteiger partial charge in [-0.05, 0) is 22.9 Å². The highest BCUT2D eigenvalue weighted by Crippen LogP contribution is 2.24. The number of carbonyl (C=O) groups is 2. The molecule has 5 rings (SSSR count). The second-order valence-electron chi connectivity index (χ2n) is 8.41. The highest BCUT2D eigenvalue weighted by atomic mass is 32.1. The molecule has 2 amide bonds. The fourth-order valence-corrected chi connectivity index (χ4v) is 4.99. The van der Waals surface area contributed by atoms with E-state index < -0.39 is 0 Å². The summed E-state index contributed by atoms with van der Waals surface area (Å²) in [6.07, 6.45) is 0. The Hall–Kier alpha value is -3.55. The number of amides is 2. The molecule has 1 aliphatic rings. The van der Waals surface area contributed by atoms with E-state index in [0.29, 0.717) is 18.7 Å². The molecule has 34 heavy (non-hydrogen) atoms. The average Bonchev–Trinajstić information content (AvgIpc) is 3.36. The number of hydrogen-bond acceptors (Lipinski definition) is 5. The van der Waals surface area contributed by atoms with E-state index in [1.807, 2.05) is 59.5 Å². The van der Waals surface area contributed by atoms with Crippen LogP contribution < -0.4 is 5.32 Å². The molecule has 172 valence electrons. The summed E-state index contributed by atoms with van der Waals surface area (Å²) in [5.41, 5.74) is 2.76. The molecule has 0 aliphatic carbocycles. The lowest BCUT2D eigenvalue weighted by molar-refractivity contribution is -0.131. The van der Waals surface area contributed by atoms with Gasteiger partial charge in [0.05, 0.1) is 12.2 Å². The molecule has 1 N–H and O–H groups in total. The summed E-state index contributed by atoms with van der Waals surface area (Å²) in [4.78, 5) is 34.1. The van der Waals surface area contributed by atoms with Crippen LogP contribution in [0.4, 0.5) is 0 Å². The second kappa shape index (κ2) is 10.2. The Morgan fingerprint density at radius 1 is 0.882 bits per heavy atom. The minimum absolute atomic E-state index is 0.0121. The van der Waals surface area contributed by atoms with Gasteiger partial charge in [-0.15, -0.1) is 11.3 Å². The third-order valence-corrected chi connectivity index (χ3v) is 7.04. The maximum atomic E-state index is 12.7. The molecular weight excluding hydrogens is 444 g/mol. The highest BCUT2D eigenvalue weighted by Gasteiger charge is 2.22. The van der Waals surface area contributed by atoms with Crippen molar-refractivity contribution >= 4 is 33.9 Å². The lowest BCUT2D eigenvalue weighted by Crippen LogP contribution is -2.50. The Morgan fingerprint density at radius 3 is 2.41 bits per heavy atom. The molecule has 0 unspecified atom stereocenters. The molecule has 1 saturated heterocycles. The second-order valence-corrected chi connectivity index (χ2v) is 9.27. The van der Waals surface area contributed by atoms with Crippen molar-refractivity contribution in [2.75, 3.05) is 32.7 Å². The highest BCUT2D eigenvalue weighted by molar-refractivity contribution is 7.13. The molecule has 1 fully saturated rings. The van der Waals surface area contributed by atoms with Crippen LogP contribution in [0.5, 0.6) is 0 Å². The molecule has 1 aliphatic heterocycles. The van der Waals surface area contributed by atoms with E-state index in [9.17, 15) is 9.59 Å². The van der Waals surface area contributed by atoms with E-state index in [0.717, 1.165) is 46.7 Å². The predicted octanol–water partition coefficient (Wildman–Crippen LogP) is 4.04. The summed E-state index contributed by atoms with van der Waals surface area (Å²) in [5.74, 6) is -0.274. The van der Waals surface area contributed by atoms with Gasteiger partial charge in [0, 0.05) is 49.2 Å². The van der Waals surface area contributed by atoms with Crippen molar-refractivity contribution in [3.63, 3.8) is 0 Å². The van der Waals surface area contributed by atoms with Crippen LogP contribution in [0.25, 0.3) is 21.3 Å². The fourth-order valence-electron chi connectivity index (χ4n) is 4.18. The van der Waals surface area contributed by atoms with Crippen LogP contribution in [-0.2, 0) is 11.3 Å². The molecule has 0 radical (unpaired) electrons. The van der Waals surface area contributed by atoms with Gasteiger partial charge in [0.25, 0.3) is 5.91 Å². The monoisotopic (exact) mass is 470 g/mol. The van der Waals surface area contributed by atoms with Crippen molar-refractivity contribution in [1.82, 2.24) is 20.1 Å². The summed E-state index contributed by atoms with van der Waals surface area (Å²) in [6, 6.07) is 23.7. The van der Waals surface area contributed by atoms with Gasteiger partial charge in [-0.1, -0.05) is 60.7 Å². The molecule has 2 heterocycles. The van der Waals surface area contributed by atoms with Gasteiger partial charge in [-0.25, -0.2) is 4.98 Å². The number of carbonyl (C=O) groups excluding carboxylic acids is 2. The van der Waals surface area contributed by atoms with Gasteiger partial charge < -0.3 is 10.2 Å². The lowest BCUT2D eigenvalue weighted by Gasteiger charge is -2.34. The minimum Gasteiger partial charge on any atom is -0.343 e. The van der Waals surface area contributed by atoms with E-state index in [1.54, 1.807) is 17.4 Å². The average molecular weight is 471 g/mol. The van der Waals surface area contributed by atoms with Crippen LogP contribution >= 0.6 is 11.3 Å². The largest absolute Gasteiger partial charge is 0.343 e. The van der Waals surface area contributed by atoms with Gasteiger partial charge in [-0.3, -0.25) is 14.5 Å². The van der Waals surface area contributed by atoms with Crippen LogP contribution in [0, 0.1) is 0 Å². The first kappa shape index (κ1) is 22.3. The predicted molar refractivity (Wildman–Crippen MR) is 136 cm³/mol. The van der Waals surface area contributed by atoms with Crippen molar-refractivity contribution in [2.24, 2.45) is 0 Å². The fraction of sp³-hybridized carbons (Fsp3) is 0.222. The number of fused-ring (bicyclic) bond motifs is 1. The SMILES string of the molecule is O=C(NCC(=O)N1CCN(Cc2csc(-c3ccccc3)n2)CC1)c1ccc2ccccc2c1. The van der Waals surface area contributed by atoms with Crippen molar-refractivity contribution in [3.8, 4) is 10.6 Å². The molecular formula is C27H26N4O2S. The van der Waals surface area contributed by atoms with E-state index in [2.05, 4.69) is 27.7 Å². The van der Waals surface area contributed by atoms with Crippen molar-refractivity contribution in [1.29, 1.82) is 0 Å². The van der Waals surface area contributed by atoms with Gasteiger partial charge in [0.1, 0.15) is 5.01 Å². The summed E-state index contributed by atoms with van der Waals surface area (Å²) in [6.45, 7) is 3.69. The number of benzene rings is 3. The molecule has 0 atom stereocenters. The van der Waals surface area contributed by atoms with E-state index in [1.165, 1.54) is 0 Å². The molecule has 4 aromatic rings. The minimum atomic E-state index is -0.226. The van der Waals surface area contributed by atoms with Crippen LogP contribution in [0.2, 0.25) is 0 Å². The van der Waals surface area contributed by atoms with E-state index >= 15 is 0 Å². The zero-order chi connectivity index (χ0) is 23.3. The first-order valence-electron chi connectivity index (χ1n) is 11.4. The number of nitrogens with one attached hydrogen (secondary N) is 1. The maximum Gasteiger partial charge on any atom is 0.251 e.